The Morgan fingerprint density at radius 1 is 1.29 bits per heavy atom. The Kier molecular flexibility index (Phi) is 3.73. The molecule has 2 N–H and O–H groups in total. The summed E-state index contributed by atoms with van der Waals surface area (Å²) in [5.41, 5.74) is 1.76. The Morgan fingerprint density at radius 3 is 3.08 bits per heavy atom. The zero-order chi connectivity index (χ0) is 16.5. The molecule has 8 nitrogen and oxygen atoms in total. The highest BCUT2D eigenvalue weighted by Crippen LogP contribution is 2.20. The van der Waals surface area contributed by atoms with Crippen LogP contribution < -0.4 is 5.32 Å². The van der Waals surface area contributed by atoms with Crippen molar-refractivity contribution in [1.29, 1.82) is 0 Å². The molecular formula is C16H18N6O2. The molecule has 0 aromatic carbocycles. The first-order valence-corrected chi connectivity index (χ1v) is 8.05. The Morgan fingerprint density at radius 2 is 2.21 bits per heavy atom. The van der Waals surface area contributed by atoms with Crippen molar-refractivity contribution in [2.75, 3.05) is 11.9 Å². The van der Waals surface area contributed by atoms with Crippen LogP contribution >= 0.6 is 0 Å². The summed E-state index contributed by atoms with van der Waals surface area (Å²) in [5.74, 6) is 1.44. The number of imidazole rings is 1. The number of carbonyl (C=O) groups is 1. The molecule has 4 heterocycles. The van der Waals surface area contributed by atoms with Crippen LogP contribution in [0, 0.1) is 0 Å². The van der Waals surface area contributed by atoms with Crippen LogP contribution in [0.15, 0.2) is 24.7 Å². The summed E-state index contributed by atoms with van der Waals surface area (Å²) < 4.78 is 3.61. The maximum absolute atomic E-state index is 12.5. The fraction of sp³-hybridized carbons (Fsp3) is 0.375. The lowest BCUT2D eigenvalue weighted by atomic mass is 10.2. The lowest BCUT2D eigenvalue weighted by Crippen LogP contribution is -2.18. The topological polar surface area (TPSA) is 97.3 Å². The number of carbonyl (C=O) groups excluding carboxylic acids is 1. The molecule has 8 heteroatoms. The number of hydrogen-bond donors (Lipinski definition) is 2. The summed E-state index contributed by atoms with van der Waals surface area (Å²) in [6.07, 6.45) is 8.84. The van der Waals surface area contributed by atoms with Crippen molar-refractivity contribution in [3.8, 4) is 0 Å². The maximum atomic E-state index is 12.5. The van der Waals surface area contributed by atoms with Crippen molar-refractivity contribution in [2.24, 2.45) is 0 Å². The van der Waals surface area contributed by atoms with Gasteiger partial charge < -0.3 is 15.0 Å². The molecule has 0 atom stereocenters. The maximum Gasteiger partial charge on any atom is 0.277 e. The monoisotopic (exact) mass is 326 g/mol. The molecule has 0 radical (unpaired) electrons. The Labute approximate surface area is 138 Å². The van der Waals surface area contributed by atoms with Crippen LogP contribution in [0.5, 0.6) is 0 Å². The van der Waals surface area contributed by atoms with Crippen LogP contribution in [0.25, 0.3) is 5.65 Å². The smallest absolute Gasteiger partial charge is 0.277 e. The van der Waals surface area contributed by atoms with Crippen molar-refractivity contribution in [1.82, 2.24) is 24.1 Å². The number of aliphatic hydroxyl groups is 1. The summed E-state index contributed by atoms with van der Waals surface area (Å²) in [7, 11) is 0. The van der Waals surface area contributed by atoms with E-state index < -0.39 is 0 Å². The van der Waals surface area contributed by atoms with Crippen molar-refractivity contribution in [2.45, 2.75) is 32.2 Å². The highest BCUT2D eigenvalue weighted by molar-refractivity contribution is 6.03. The minimum atomic E-state index is -0.280. The highest BCUT2D eigenvalue weighted by Gasteiger charge is 2.18. The van der Waals surface area contributed by atoms with Crippen molar-refractivity contribution >= 4 is 17.4 Å². The standard InChI is InChI=1S/C16H18N6O2/c23-6-4-11-8-17-14-7-12(20-22(14)10-11)16(24)19-15-9-18-13-3-1-2-5-21(13)15/h7-10,23H,1-6H2,(H,19,24). The molecule has 24 heavy (non-hydrogen) atoms. The summed E-state index contributed by atoms with van der Waals surface area (Å²) in [6.45, 7) is 0.927. The molecule has 1 aliphatic heterocycles. The van der Waals surface area contributed by atoms with Gasteiger partial charge in [0.05, 0.1) is 6.20 Å². The molecule has 124 valence electrons. The van der Waals surface area contributed by atoms with E-state index in [0.717, 1.165) is 37.2 Å². The third kappa shape index (κ3) is 2.65. The predicted molar refractivity (Wildman–Crippen MR) is 86.9 cm³/mol. The van der Waals surface area contributed by atoms with E-state index in [-0.39, 0.29) is 12.5 Å². The van der Waals surface area contributed by atoms with Crippen LogP contribution in [0.3, 0.4) is 0 Å². The number of aryl methyl sites for hydroxylation is 1. The fourth-order valence-corrected chi connectivity index (χ4v) is 2.98. The van der Waals surface area contributed by atoms with Crippen LogP contribution in [-0.4, -0.2) is 41.8 Å². The molecule has 1 amide bonds. The third-order valence-corrected chi connectivity index (χ3v) is 4.21. The Balaban J connectivity index is 1.58. The largest absolute Gasteiger partial charge is 0.396 e. The lowest BCUT2D eigenvalue weighted by molar-refractivity contribution is 0.102. The first-order valence-electron chi connectivity index (χ1n) is 8.05. The second-order valence-corrected chi connectivity index (χ2v) is 5.89. The second-order valence-electron chi connectivity index (χ2n) is 5.89. The lowest BCUT2D eigenvalue weighted by Gasteiger charge is -2.16. The number of fused-ring (bicyclic) bond motifs is 2. The molecule has 1 aliphatic rings. The number of aliphatic hydroxyl groups excluding tert-OH is 1. The van der Waals surface area contributed by atoms with E-state index in [1.807, 2.05) is 0 Å². The van der Waals surface area contributed by atoms with Gasteiger partial charge in [0.25, 0.3) is 5.91 Å². The zero-order valence-corrected chi connectivity index (χ0v) is 13.1. The van der Waals surface area contributed by atoms with Gasteiger partial charge in [-0.2, -0.15) is 5.10 Å². The van der Waals surface area contributed by atoms with E-state index in [9.17, 15) is 4.79 Å². The Hall–Kier alpha value is -2.74. The third-order valence-electron chi connectivity index (χ3n) is 4.21. The van der Waals surface area contributed by atoms with Crippen LogP contribution in [0.4, 0.5) is 5.82 Å². The average molecular weight is 326 g/mol. The molecule has 0 saturated carbocycles. The van der Waals surface area contributed by atoms with Gasteiger partial charge in [0, 0.05) is 38.0 Å². The quantitative estimate of drug-likeness (QED) is 0.747. The highest BCUT2D eigenvalue weighted by atomic mass is 16.3. The number of nitrogens with zero attached hydrogens (tertiary/aromatic N) is 5. The van der Waals surface area contributed by atoms with Gasteiger partial charge in [0.15, 0.2) is 11.3 Å². The molecule has 0 spiro atoms. The van der Waals surface area contributed by atoms with E-state index in [1.54, 1.807) is 29.2 Å². The van der Waals surface area contributed by atoms with E-state index >= 15 is 0 Å². The first-order chi connectivity index (χ1) is 11.7. The van der Waals surface area contributed by atoms with Gasteiger partial charge in [-0.25, -0.2) is 14.5 Å². The van der Waals surface area contributed by atoms with Gasteiger partial charge in [0.2, 0.25) is 0 Å². The van der Waals surface area contributed by atoms with E-state index in [4.69, 9.17) is 5.11 Å². The number of nitrogens with one attached hydrogen (secondary N) is 1. The molecule has 4 rings (SSSR count). The minimum Gasteiger partial charge on any atom is -0.396 e. The van der Waals surface area contributed by atoms with Gasteiger partial charge in [-0.1, -0.05) is 0 Å². The molecule has 3 aromatic rings. The summed E-state index contributed by atoms with van der Waals surface area (Å²) in [5, 5.41) is 16.2. The average Bonchev–Trinajstić information content (AvgIpc) is 3.19. The van der Waals surface area contributed by atoms with Gasteiger partial charge >= 0.3 is 0 Å². The van der Waals surface area contributed by atoms with Crippen molar-refractivity contribution in [3.63, 3.8) is 0 Å². The molecule has 3 aromatic heterocycles. The minimum absolute atomic E-state index is 0.0497. The number of amides is 1. The van der Waals surface area contributed by atoms with E-state index in [2.05, 4.69) is 25.0 Å². The normalized spacial score (nSPS) is 13.9. The zero-order valence-electron chi connectivity index (χ0n) is 13.1. The van der Waals surface area contributed by atoms with Gasteiger partial charge in [-0.3, -0.25) is 4.79 Å². The Bertz CT molecular complexity index is 897. The molecule has 0 aliphatic carbocycles. The van der Waals surface area contributed by atoms with Crippen molar-refractivity contribution in [3.05, 3.63) is 41.7 Å². The van der Waals surface area contributed by atoms with Gasteiger partial charge in [-0.05, 0) is 24.8 Å². The number of anilines is 1. The summed E-state index contributed by atoms with van der Waals surface area (Å²) >= 11 is 0. The second kappa shape index (κ2) is 6.04. The molecule has 0 bridgehead atoms. The SMILES string of the molecule is O=C(Nc1cnc2n1CCCC2)c1cc2ncc(CCO)cn2n1. The number of rotatable bonds is 4. The fourth-order valence-electron chi connectivity index (χ4n) is 2.98. The predicted octanol–water partition coefficient (Wildman–Crippen LogP) is 1.05. The van der Waals surface area contributed by atoms with Crippen molar-refractivity contribution < 1.29 is 9.90 Å². The molecule has 0 fully saturated rings. The van der Waals surface area contributed by atoms with Crippen LogP contribution in [-0.2, 0) is 19.4 Å². The molecular weight excluding hydrogens is 308 g/mol. The molecule has 0 saturated heterocycles. The first kappa shape index (κ1) is 14.8. The van der Waals surface area contributed by atoms with Crippen LogP contribution in [0.2, 0.25) is 0 Å². The number of aromatic nitrogens is 5. The number of hydrogen-bond acceptors (Lipinski definition) is 5. The molecule has 0 unspecified atom stereocenters. The van der Waals surface area contributed by atoms with E-state index in [0.29, 0.717) is 23.6 Å². The summed E-state index contributed by atoms with van der Waals surface area (Å²) in [6, 6.07) is 1.64. The van der Waals surface area contributed by atoms with E-state index in [1.165, 1.54) is 0 Å². The van der Waals surface area contributed by atoms with Gasteiger partial charge in [-0.15, -0.1) is 0 Å². The van der Waals surface area contributed by atoms with Gasteiger partial charge in [0.1, 0.15) is 11.6 Å². The van der Waals surface area contributed by atoms with Crippen LogP contribution in [0.1, 0.15) is 34.7 Å². The summed E-state index contributed by atoms with van der Waals surface area (Å²) in [4.78, 5) is 21.1.